The van der Waals surface area contributed by atoms with Crippen molar-refractivity contribution in [3.05, 3.63) is 56.5 Å². The van der Waals surface area contributed by atoms with Crippen LogP contribution in [0.2, 0.25) is 0 Å². The molecule has 0 fully saturated rings. The predicted molar refractivity (Wildman–Crippen MR) is 90.6 cm³/mol. The van der Waals surface area contributed by atoms with E-state index >= 15 is 0 Å². The van der Waals surface area contributed by atoms with Crippen molar-refractivity contribution in [1.82, 2.24) is 5.43 Å². The van der Waals surface area contributed by atoms with Gasteiger partial charge in [0, 0.05) is 15.0 Å². The first-order valence-corrected chi connectivity index (χ1v) is 7.81. The molecule has 0 radical (unpaired) electrons. The van der Waals surface area contributed by atoms with Gasteiger partial charge in [-0.3, -0.25) is 5.84 Å². The van der Waals surface area contributed by atoms with Gasteiger partial charge in [-0.2, -0.15) is 0 Å². The van der Waals surface area contributed by atoms with Crippen LogP contribution in [0.4, 0.5) is 0 Å². The van der Waals surface area contributed by atoms with Crippen molar-refractivity contribution in [1.29, 1.82) is 0 Å². The second-order valence-electron chi connectivity index (χ2n) is 4.45. The second kappa shape index (κ2) is 7.26. The smallest absolute Gasteiger partial charge is 0.122 e. The first-order chi connectivity index (χ1) is 10.1. The molecule has 0 saturated carbocycles. The molecule has 112 valence electrons. The number of halogens is 2. The number of nitrogens with two attached hydrogens (primary N) is 1. The van der Waals surface area contributed by atoms with Crippen LogP contribution in [0.5, 0.6) is 11.5 Å². The number of hydrogen-bond donors (Lipinski definition) is 2. The molecular formula is C15H16Br2N2O2. The van der Waals surface area contributed by atoms with Crippen LogP contribution in [0, 0.1) is 0 Å². The summed E-state index contributed by atoms with van der Waals surface area (Å²) in [6.07, 6.45) is 0. The molecule has 0 bridgehead atoms. The normalized spacial score (nSPS) is 12.0. The Morgan fingerprint density at radius 3 is 1.76 bits per heavy atom. The van der Waals surface area contributed by atoms with Crippen molar-refractivity contribution in [2.75, 3.05) is 14.2 Å². The lowest BCUT2D eigenvalue weighted by Crippen LogP contribution is -2.28. The Morgan fingerprint density at radius 2 is 1.33 bits per heavy atom. The average molecular weight is 416 g/mol. The molecule has 21 heavy (non-hydrogen) atoms. The van der Waals surface area contributed by atoms with E-state index in [9.17, 15) is 0 Å². The minimum atomic E-state index is -0.178. The van der Waals surface area contributed by atoms with Crippen molar-refractivity contribution >= 4 is 31.9 Å². The van der Waals surface area contributed by atoms with Gasteiger partial charge in [-0.15, -0.1) is 0 Å². The highest BCUT2D eigenvalue weighted by atomic mass is 79.9. The van der Waals surface area contributed by atoms with Gasteiger partial charge in [-0.1, -0.05) is 31.9 Å². The number of methoxy groups -OCH3 is 2. The number of ether oxygens (including phenoxy) is 2. The maximum absolute atomic E-state index is 5.76. The number of hydrazine groups is 1. The summed E-state index contributed by atoms with van der Waals surface area (Å²) in [5.74, 6) is 7.20. The summed E-state index contributed by atoms with van der Waals surface area (Å²) < 4.78 is 12.6. The van der Waals surface area contributed by atoms with Gasteiger partial charge in [0.25, 0.3) is 0 Å². The van der Waals surface area contributed by atoms with E-state index < -0.39 is 0 Å². The molecule has 0 aliphatic carbocycles. The number of hydrogen-bond acceptors (Lipinski definition) is 4. The Hall–Kier alpha value is -1.08. The molecule has 4 nitrogen and oxygen atoms in total. The number of rotatable bonds is 5. The Kier molecular flexibility index (Phi) is 5.64. The molecule has 0 spiro atoms. The van der Waals surface area contributed by atoms with Crippen LogP contribution < -0.4 is 20.7 Å². The number of nitrogens with one attached hydrogen (secondary N) is 1. The molecule has 2 rings (SSSR count). The van der Waals surface area contributed by atoms with E-state index in [4.69, 9.17) is 15.3 Å². The molecule has 0 aliphatic rings. The zero-order valence-corrected chi connectivity index (χ0v) is 14.9. The summed E-state index contributed by atoms with van der Waals surface area (Å²) in [5, 5.41) is 0. The van der Waals surface area contributed by atoms with Gasteiger partial charge in [-0.05, 0) is 41.5 Å². The molecular weight excluding hydrogens is 400 g/mol. The van der Waals surface area contributed by atoms with Crippen molar-refractivity contribution in [3.63, 3.8) is 0 Å². The van der Waals surface area contributed by atoms with Gasteiger partial charge in [0.1, 0.15) is 11.5 Å². The minimum Gasteiger partial charge on any atom is -0.497 e. The van der Waals surface area contributed by atoms with E-state index in [0.717, 1.165) is 31.6 Å². The van der Waals surface area contributed by atoms with E-state index in [1.165, 1.54) is 0 Å². The molecule has 2 aromatic carbocycles. The Bertz CT molecular complexity index is 593. The predicted octanol–water partition coefficient (Wildman–Crippen LogP) is 3.78. The summed E-state index contributed by atoms with van der Waals surface area (Å²) in [5.41, 5.74) is 4.82. The highest BCUT2D eigenvalue weighted by molar-refractivity contribution is 9.11. The van der Waals surface area contributed by atoms with E-state index in [1.54, 1.807) is 14.2 Å². The fourth-order valence-corrected chi connectivity index (χ4v) is 3.45. The van der Waals surface area contributed by atoms with Gasteiger partial charge in [0.05, 0.1) is 20.3 Å². The molecule has 0 aromatic heterocycles. The maximum atomic E-state index is 5.76. The van der Waals surface area contributed by atoms with Gasteiger partial charge < -0.3 is 9.47 Å². The summed E-state index contributed by atoms with van der Waals surface area (Å²) in [4.78, 5) is 0. The second-order valence-corrected chi connectivity index (χ2v) is 6.28. The molecule has 3 N–H and O–H groups in total. The van der Waals surface area contributed by atoms with Crippen molar-refractivity contribution < 1.29 is 9.47 Å². The van der Waals surface area contributed by atoms with E-state index in [0.29, 0.717) is 0 Å². The molecule has 2 aromatic rings. The highest BCUT2D eigenvalue weighted by Gasteiger charge is 2.16. The third-order valence-corrected chi connectivity index (χ3v) is 4.01. The first kappa shape index (κ1) is 16.3. The van der Waals surface area contributed by atoms with E-state index in [1.807, 2.05) is 36.4 Å². The average Bonchev–Trinajstić information content (AvgIpc) is 2.46. The molecule has 0 saturated heterocycles. The monoisotopic (exact) mass is 414 g/mol. The Labute approximate surface area is 140 Å². The topological polar surface area (TPSA) is 56.5 Å². The molecule has 0 aliphatic heterocycles. The largest absolute Gasteiger partial charge is 0.497 e. The molecule has 6 heteroatoms. The third kappa shape index (κ3) is 3.97. The summed E-state index contributed by atoms with van der Waals surface area (Å²) in [6, 6.07) is 11.5. The summed E-state index contributed by atoms with van der Waals surface area (Å²) in [7, 11) is 3.25. The number of benzene rings is 2. The maximum Gasteiger partial charge on any atom is 0.122 e. The van der Waals surface area contributed by atoms with Crippen LogP contribution in [0.1, 0.15) is 17.2 Å². The zero-order valence-electron chi connectivity index (χ0n) is 11.7. The van der Waals surface area contributed by atoms with Gasteiger partial charge in [0.15, 0.2) is 0 Å². The molecule has 0 heterocycles. The fraction of sp³-hybridized carbons (Fsp3) is 0.200. The fourth-order valence-electron chi connectivity index (χ4n) is 2.12. The first-order valence-electron chi connectivity index (χ1n) is 6.22. The molecule has 1 unspecified atom stereocenters. The highest BCUT2D eigenvalue weighted by Crippen LogP contribution is 2.32. The van der Waals surface area contributed by atoms with E-state index in [2.05, 4.69) is 37.3 Å². The van der Waals surface area contributed by atoms with Crippen LogP contribution in [-0.4, -0.2) is 14.2 Å². The molecule has 1 atom stereocenters. The zero-order chi connectivity index (χ0) is 15.4. The van der Waals surface area contributed by atoms with Crippen LogP contribution in [-0.2, 0) is 0 Å². The van der Waals surface area contributed by atoms with Crippen LogP contribution in [0.15, 0.2) is 45.3 Å². The van der Waals surface area contributed by atoms with Crippen molar-refractivity contribution in [2.24, 2.45) is 5.84 Å². The quantitative estimate of drug-likeness (QED) is 0.576. The lowest BCUT2D eigenvalue weighted by molar-refractivity contribution is 0.392. The lowest BCUT2D eigenvalue weighted by atomic mass is 9.99. The van der Waals surface area contributed by atoms with Crippen LogP contribution >= 0.6 is 31.9 Å². The Morgan fingerprint density at radius 1 is 0.857 bits per heavy atom. The van der Waals surface area contributed by atoms with E-state index in [-0.39, 0.29) is 6.04 Å². The van der Waals surface area contributed by atoms with Gasteiger partial charge in [0.2, 0.25) is 0 Å². The summed E-state index contributed by atoms with van der Waals surface area (Å²) >= 11 is 6.98. The van der Waals surface area contributed by atoms with Crippen LogP contribution in [0.25, 0.3) is 0 Å². The summed E-state index contributed by atoms with van der Waals surface area (Å²) in [6.45, 7) is 0. The SMILES string of the molecule is COc1cc(OC)cc(C(NN)c2cc(Br)cc(Br)c2)c1. The Balaban J connectivity index is 2.49. The van der Waals surface area contributed by atoms with Gasteiger partial charge >= 0.3 is 0 Å². The standard InChI is InChI=1S/C15H16Br2N2O2/c1-20-13-5-10(6-14(8-13)21-2)15(19-18)9-3-11(16)7-12(17)4-9/h3-8,15,19H,18H2,1-2H3. The van der Waals surface area contributed by atoms with Crippen LogP contribution in [0.3, 0.4) is 0 Å². The van der Waals surface area contributed by atoms with Crippen molar-refractivity contribution in [3.8, 4) is 11.5 Å². The minimum absolute atomic E-state index is 0.178. The molecule has 0 amide bonds. The van der Waals surface area contributed by atoms with Crippen molar-refractivity contribution in [2.45, 2.75) is 6.04 Å². The lowest BCUT2D eigenvalue weighted by Gasteiger charge is -2.19. The van der Waals surface area contributed by atoms with Gasteiger partial charge in [-0.25, -0.2) is 5.43 Å². The third-order valence-electron chi connectivity index (χ3n) is 3.09.